The van der Waals surface area contributed by atoms with Crippen LogP contribution in [0.25, 0.3) is 119 Å². The van der Waals surface area contributed by atoms with Crippen LogP contribution in [0.4, 0.5) is 0 Å². The average Bonchev–Trinajstić information content (AvgIpc) is 3.97. The first kappa shape index (κ1) is 32.1. The van der Waals surface area contributed by atoms with Crippen LogP contribution in [-0.2, 0) is 0 Å². The Labute approximate surface area is 333 Å². The second-order valence-corrected chi connectivity index (χ2v) is 16.1. The standard InChI is InChI=1S/C49H27N5OS2/c1-3-13-28(14-4-1)42-45-43(34-18-8-10-24-39(34)56-45)51-47(50-42)30-25-26-31-32-19-11-21-36(44(32)57-40(31)27-30)49-53-46(29-15-5-2-6-16-29)52-48(54-49)35-20-12-23-38-41(35)33-17-7-9-22-37(33)55-38/h1-27H. The molecule has 57 heavy (non-hydrogen) atoms. The van der Waals surface area contributed by atoms with E-state index >= 15 is 0 Å². The van der Waals surface area contributed by atoms with Crippen molar-refractivity contribution in [3.8, 4) is 56.8 Å². The Morgan fingerprint density at radius 2 is 1.00 bits per heavy atom. The van der Waals surface area contributed by atoms with Gasteiger partial charge in [0.15, 0.2) is 23.3 Å². The first-order chi connectivity index (χ1) is 28.2. The minimum Gasteiger partial charge on any atom is -0.456 e. The van der Waals surface area contributed by atoms with Gasteiger partial charge in [-0.1, -0.05) is 133 Å². The average molecular weight is 766 g/mol. The van der Waals surface area contributed by atoms with Crippen molar-refractivity contribution in [1.82, 2.24) is 24.9 Å². The number of aromatic nitrogens is 5. The first-order valence-corrected chi connectivity index (χ1v) is 20.3. The molecule has 0 fully saturated rings. The molecule has 0 atom stereocenters. The zero-order valence-corrected chi connectivity index (χ0v) is 31.7. The second-order valence-electron chi connectivity index (χ2n) is 14.0. The molecule has 0 bridgehead atoms. The van der Waals surface area contributed by atoms with Crippen molar-refractivity contribution < 1.29 is 4.42 Å². The molecule has 0 aliphatic rings. The zero-order chi connectivity index (χ0) is 37.5. The molecule has 266 valence electrons. The molecule has 0 N–H and O–H groups in total. The third kappa shape index (κ3) is 5.19. The topological polar surface area (TPSA) is 77.6 Å². The molecule has 7 aromatic carbocycles. The molecule has 5 heterocycles. The Hall–Kier alpha value is -7.13. The van der Waals surface area contributed by atoms with Gasteiger partial charge in [-0.15, -0.1) is 22.7 Å². The van der Waals surface area contributed by atoms with Gasteiger partial charge in [-0.2, -0.15) is 0 Å². The number of hydrogen-bond acceptors (Lipinski definition) is 8. The summed E-state index contributed by atoms with van der Waals surface area (Å²) >= 11 is 3.49. The van der Waals surface area contributed by atoms with E-state index in [-0.39, 0.29) is 0 Å². The summed E-state index contributed by atoms with van der Waals surface area (Å²) in [6.07, 6.45) is 0. The van der Waals surface area contributed by atoms with E-state index in [9.17, 15) is 0 Å². The zero-order valence-electron chi connectivity index (χ0n) is 30.0. The summed E-state index contributed by atoms with van der Waals surface area (Å²) in [6, 6.07) is 56.2. The fourth-order valence-electron chi connectivity index (χ4n) is 7.92. The molecule has 0 amide bonds. The third-order valence-electron chi connectivity index (χ3n) is 10.6. The number of benzene rings is 7. The second kappa shape index (κ2) is 12.7. The molecule has 12 rings (SSSR count). The minimum absolute atomic E-state index is 0.596. The van der Waals surface area contributed by atoms with Crippen LogP contribution in [0.15, 0.2) is 168 Å². The molecule has 0 saturated heterocycles. The van der Waals surface area contributed by atoms with Gasteiger partial charge in [0.05, 0.1) is 15.9 Å². The van der Waals surface area contributed by atoms with E-state index < -0.39 is 0 Å². The van der Waals surface area contributed by atoms with Crippen molar-refractivity contribution in [3.63, 3.8) is 0 Å². The number of thiophene rings is 2. The smallest absolute Gasteiger partial charge is 0.165 e. The lowest BCUT2D eigenvalue weighted by atomic mass is 10.0. The summed E-state index contributed by atoms with van der Waals surface area (Å²) in [5.74, 6) is 2.54. The van der Waals surface area contributed by atoms with Crippen molar-refractivity contribution in [2.75, 3.05) is 0 Å². The molecular weight excluding hydrogens is 739 g/mol. The summed E-state index contributed by atoms with van der Waals surface area (Å²) in [5, 5.41) is 5.48. The van der Waals surface area contributed by atoms with E-state index in [0.29, 0.717) is 23.3 Å². The largest absolute Gasteiger partial charge is 0.456 e. The number of hydrogen-bond donors (Lipinski definition) is 0. The van der Waals surface area contributed by atoms with Crippen molar-refractivity contribution in [3.05, 3.63) is 164 Å². The maximum atomic E-state index is 6.26. The Kier molecular flexibility index (Phi) is 7.17. The highest BCUT2D eigenvalue weighted by Crippen LogP contribution is 2.43. The van der Waals surface area contributed by atoms with E-state index in [1.165, 1.54) is 4.70 Å². The highest BCUT2D eigenvalue weighted by atomic mass is 32.1. The predicted molar refractivity (Wildman–Crippen MR) is 236 cm³/mol. The van der Waals surface area contributed by atoms with E-state index in [1.807, 2.05) is 66.7 Å². The van der Waals surface area contributed by atoms with Gasteiger partial charge in [-0.05, 0) is 30.3 Å². The van der Waals surface area contributed by atoms with Crippen molar-refractivity contribution >= 4 is 85.1 Å². The normalized spacial score (nSPS) is 11.9. The van der Waals surface area contributed by atoms with Gasteiger partial charge < -0.3 is 4.42 Å². The van der Waals surface area contributed by atoms with Crippen LogP contribution in [-0.4, -0.2) is 24.9 Å². The Bertz CT molecular complexity index is 3540. The Morgan fingerprint density at radius 3 is 1.86 bits per heavy atom. The molecule has 5 aromatic heterocycles. The lowest BCUT2D eigenvalue weighted by Gasteiger charge is -2.10. The molecule has 0 unspecified atom stereocenters. The fourth-order valence-corrected chi connectivity index (χ4v) is 10.3. The molecule has 0 radical (unpaired) electrons. The summed E-state index contributed by atoms with van der Waals surface area (Å²) < 4.78 is 10.8. The molecule has 8 heteroatoms. The van der Waals surface area contributed by atoms with Gasteiger partial charge in [0, 0.05) is 68.8 Å². The van der Waals surface area contributed by atoms with Crippen LogP contribution in [0, 0.1) is 0 Å². The maximum absolute atomic E-state index is 6.26. The first-order valence-electron chi connectivity index (χ1n) is 18.7. The van der Waals surface area contributed by atoms with Gasteiger partial charge in [0.25, 0.3) is 0 Å². The summed E-state index contributed by atoms with van der Waals surface area (Å²) in [7, 11) is 0. The molecule has 0 aliphatic carbocycles. The quantitative estimate of drug-likeness (QED) is 0.174. The number of nitrogens with zero attached hydrogens (tertiary/aromatic N) is 5. The number of rotatable bonds is 5. The van der Waals surface area contributed by atoms with Gasteiger partial charge in [-0.25, -0.2) is 24.9 Å². The van der Waals surface area contributed by atoms with Gasteiger partial charge in [-0.3, -0.25) is 0 Å². The molecule has 6 nitrogen and oxygen atoms in total. The predicted octanol–water partition coefficient (Wildman–Crippen LogP) is 13.6. The number of fused-ring (bicyclic) bond motifs is 9. The number of furan rings is 1. The Morgan fingerprint density at radius 1 is 0.368 bits per heavy atom. The number of para-hydroxylation sites is 1. The Balaban J connectivity index is 1.05. The van der Waals surface area contributed by atoms with E-state index in [2.05, 4.69) is 97.1 Å². The van der Waals surface area contributed by atoms with Crippen LogP contribution in [0.2, 0.25) is 0 Å². The third-order valence-corrected chi connectivity index (χ3v) is 12.9. The fraction of sp³-hybridized carbons (Fsp3) is 0. The summed E-state index contributed by atoms with van der Waals surface area (Å²) in [6.45, 7) is 0. The molecule has 0 aliphatic heterocycles. The molecular formula is C49H27N5OS2. The van der Waals surface area contributed by atoms with Crippen molar-refractivity contribution in [2.24, 2.45) is 0 Å². The summed E-state index contributed by atoms with van der Waals surface area (Å²) in [4.78, 5) is 25.9. The summed E-state index contributed by atoms with van der Waals surface area (Å²) in [5.41, 5.74) is 8.39. The highest BCUT2D eigenvalue weighted by Gasteiger charge is 2.21. The van der Waals surface area contributed by atoms with Crippen molar-refractivity contribution in [2.45, 2.75) is 0 Å². The minimum atomic E-state index is 0.596. The van der Waals surface area contributed by atoms with Gasteiger partial charge >= 0.3 is 0 Å². The highest BCUT2D eigenvalue weighted by molar-refractivity contribution is 7.26. The van der Waals surface area contributed by atoms with Gasteiger partial charge in [0.1, 0.15) is 11.2 Å². The van der Waals surface area contributed by atoms with Crippen molar-refractivity contribution in [1.29, 1.82) is 0 Å². The van der Waals surface area contributed by atoms with Crippen LogP contribution >= 0.6 is 22.7 Å². The maximum Gasteiger partial charge on any atom is 0.165 e. The van der Waals surface area contributed by atoms with E-state index in [0.717, 1.165) is 91.2 Å². The van der Waals surface area contributed by atoms with Crippen LogP contribution in [0.1, 0.15) is 0 Å². The molecule has 0 spiro atoms. The lowest BCUT2D eigenvalue weighted by Crippen LogP contribution is -2.00. The van der Waals surface area contributed by atoms with E-state index in [4.69, 9.17) is 29.3 Å². The van der Waals surface area contributed by atoms with E-state index in [1.54, 1.807) is 22.7 Å². The molecule has 0 saturated carbocycles. The lowest BCUT2D eigenvalue weighted by molar-refractivity contribution is 0.669. The van der Waals surface area contributed by atoms with Gasteiger partial charge in [0.2, 0.25) is 0 Å². The van der Waals surface area contributed by atoms with Crippen LogP contribution in [0.3, 0.4) is 0 Å². The molecule has 12 aromatic rings. The SMILES string of the molecule is c1ccc(-c2nc(-c3cccc4c3sc3cc(-c5nc(-c6ccccc6)c6sc7ccccc7c6n5)ccc34)nc(-c3cccc4oc5ccccc5c34)n2)cc1. The van der Waals surface area contributed by atoms with Crippen LogP contribution < -0.4 is 0 Å². The monoisotopic (exact) mass is 765 g/mol. The van der Waals surface area contributed by atoms with Crippen LogP contribution in [0.5, 0.6) is 0 Å².